The number of fused-ring (bicyclic) bond motifs is 1. The first-order valence-corrected chi connectivity index (χ1v) is 6.19. The first-order valence-electron chi connectivity index (χ1n) is 6.19. The van der Waals surface area contributed by atoms with E-state index in [1.165, 1.54) is 0 Å². The Bertz CT molecular complexity index is 550. The van der Waals surface area contributed by atoms with Gasteiger partial charge in [0.25, 0.3) is 0 Å². The van der Waals surface area contributed by atoms with E-state index in [1.807, 2.05) is 35.4 Å². The average molecular weight is 262 g/mol. The molecule has 19 heavy (non-hydrogen) atoms. The van der Waals surface area contributed by atoms with Crippen molar-refractivity contribution in [3.63, 3.8) is 0 Å². The van der Waals surface area contributed by atoms with Crippen LogP contribution in [0, 0.1) is 0 Å². The molecule has 2 rings (SSSR count). The van der Waals surface area contributed by atoms with Crippen molar-refractivity contribution in [2.24, 2.45) is 0 Å². The van der Waals surface area contributed by atoms with Crippen LogP contribution in [-0.4, -0.2) is 47.8 Å². The maximum atomic E-state index is 10.9. The highest BCUT2D eigenvalue weighted by Crippen LogP contribution is 2.19. The molecule has 0 aliphatic heterocycles. The predicted molar refractivity (Wildman–Crippen MR) is 73.1 cm³/mol. The van der Waals surface area contributed by atoms with Crippen LogP contribution >= 0.6 is 0 Å². The van der Waals surface area contributed by atoms with Crippen LogP contribution in [0.25, 0.3) is 10.9 Å². The third kappa shape index (κ3) is 3.56. The van der Waals surface area contributed by atoms with Gasteiger partial charge in [-0.15, -0.1) is 0 Å². The van der Waals surface area contributed by atoms with Gasteiger partial charge in [0.2, 0.25) is 0 Å². The van der Waals surface area contributed by atoms with Gasteiger partial charge in [0.1, 0.15) is 0 Å². The molecule has 0 aliphatic carbocycles. The largest absolute Gasteiger partial charge is 0.480 e. The highest BCUT2D eigenvalue weighted by molar-refractivity contribution is 5.83. The molecule has 2 N–H and O–H groups in total. The summed E-state index contributed by atoms with van der Waals surface area (Å²) >= 11 is 0. The molecule has 1 heterocycles. The summed E-state index contributed by atoms with van der Waals surface area (Å²) in [6.45, 7) is 1.74. The molecule has 0 amide bonds. The fourth-order valence-electron chi connectivity index (χ4n) is 2.13. The fourth-order valence-corrected chi connectivity index (χ4v) is 2.13. The molecule has 0 bridgehead atoms. The van der Waals surface area contributed by atoms with Gasteiger partial charge >= 0.3 is 5.97 Å². The molecular formula is C14H18N2O3. The number of para-hydroxylation sites is 1. The van der Waals surface area contributed by atoms with Gasteiger partial charge in [0.15, 0.2) is 0 Å². The van der Waals surface area contributed by atoms with Crippen molar-refractivity contribution in [1.82, 2.24) is 9.88 Å². The summed E-state index contributed by atoms with van der Waals surface area (Å²) in [5.74, 6) is -0.823. The zero-order chi connectivity index (χ0) is 13.7. The minimum absolute atomic E-state index is 0.0167. The Hall–Kier alpha value is -1.85. The number of hydrogen-bond acceptors (Lipinski definition) is 3. The van der Waals surface area contributed by atoms with Gasteiger partial charge in [0.05, 0.1) is 13.2 Å². The lowest BCUT2D eigenvalue weighted by molar-refractivity contribution is -0.138. The smallest absolute Gasteiger partial charge is 0.317 e. The van der Waals surface area contributed by atoms with Crippen LogP contribution in [0.2, 0.25) is 0 Å². The van der Waals surface area contributed by atoms with Crippen molar-refractivity contribution in [3.8, 4) is 0 Å². The number of H-pyrrole nitrogens is 1. The summed E-state index contributed by atoms with van der Waals surface area (Å²) < 4.78 is 5.02. The lowest BCUT2D eigenvalue weighted by atomic mass is 10.1. The first kappa shape index (κ1) is 13.6. The van der Waals surface area contributed by atoms with Gasteiger partial charge in [-0.3, -0.25) is 9.69 Å². The van der Waals surface area contributed by atoms with E-state index >= 15 is 0 Å². The van der Waals surface area contributed by atoms with Crippen molar-refractivity contribution in [2.45, 2.75) is 6.54 Å². The highest BCUT2D eigenvalue weighted by atomic mass is 16.5. The van der Waals surface area contributed by atoms with Crippen molar-refractivity contribution < 1.29 is 14.6 Å². The predicted octanol–water partition coefficient (Wildman–Crippen LogP) is 1.70. The van der Waals surface area contributed by atoms with E-state index in [9.17, 15) is 4.79 Å². The number of carboxylic acids is 1. The summed E-state index contributed by atoms with van der Waals surface area (Å²) in [6, 6.07) is 8.00. The molecule has 0 spiro atoms. The van der Waals surface area contributed by atoms with Crippen LogP contribution in [0.15, 0.2) is 30.5 Å². The Morgan fingerprint density at radius 1 is 1.42 bits per heavy atom. The molecule has 0 saturated carbocycles. The first-order chi connectivity index (χ1) is 9.20. The van der Waals surface area contributed by atoms with Crippen LogP contribution in [0.1, 0.15) is 5.56 Å². The summed E-state index contributed by atoms with van der Waals surface area (Å²) in [7, 11) is 1.62. The van der Waals surface area contributed by atoms with Crippen molar-refractivity contribution in [1.29, 1.82) is 0 Å². The lowest BCUT2D eigenvalue weighted by Gasteiger charge is -2.19. The molecule has 5 nitrogen and oxygen atoms in total. The number of nitrogens with one attached hydrogen (secondary N) is 1. The Balaban J connectivity index is 2.13. The second-order valence-electron chi connectivity index (χ2n) is 4.46. The molecule has 2 aromatic rings. The van der Waals surface area contributed by atoms with Gasteiger partial charge in [-0.1, -0.05) is 18.2 Å². The SMILES string of the molecule is COCCN(CC(=O)O)Cc1c[nH]c2ccccc12. The van der Waals surface area contributed by atoms with Crippen molar-refractivity contribution in [2.75, 3.05) is 26.8 Å². The van der Waals surface area contributed by atoms with Crippen LogP contribution in [0.3, 0.4) is 0 Å². The van der Waals surface area contributed by atoms with E-state index in [-0.39, 0.29) is 6.54 Å². The molecule has 1 aromatic carbocycles. The number of rotatable bonds is 7. The number of aliphatic carboxylic acids is 1. The molecule has 0 radical (unpaired) electrons. The van der Waals surface area contributed by atoms with E-state index < -0.39 is 5.97 Å². The fraction of sp³-hybridized carbons (Fsp3) is 0.357. The Labute approximate surface area is 111 Å². The molecule has 1 aromatic heterocycles. The van der Waals surface area contributed by atoms with Crippen LogP contribution in [0.5, 0.6) is 0 Å². The molecule has 0 atom stereocenters. The maximum Gasteiger partial charge on any atom is 0.317 e. The van der Waals surface area contributed by atoms with Crippen molar-refractivity contribution in [3.05, 3.63) is 36.0 Å². The number of nitrogens with zero attached hydrogens (tertiary/aromatic N) is 1. The summed E-state index contributed by atoms with van der Waals surface area (Å²) in [4.78, 5) is 15.9. The maximum absolute atomic E-state index is 10.9. The topological polar surface area (TPSA) is 65.6 Å². The number of ether oxygens (including phenoxy) is 1. The normalized spacial score (nSPS) is 11.3. The lowest BCUT2D eigenvalue weighted by Crippen LogP contribution is -2.32. The van der Waals surface area contributed by atoms with Crippen LogP contribution in [0.4, 0.5) is 0 Å². The molecular weight excluding hydrogens is 244 g/mol. The molecule has 0 unspecified atom stereocenters. The van der Waals surface area contributed by atoms with E-state index in [1.54, 1.807) is 7.11 Å². The van der Waals surface area contributed by atoms with Gasteiger partial charge in [-0.2, -0.15) is 0 Å². The zero-order valence-corrected chi connectivity index (χ0v) is 10.9. The molecule has 0 saturated heterocycles. The van der Waals surface area contributed by atoms with E-state index in [0.29, 0.717) is 19.7 Å². The van der Waals surface area contributed by atoms with E-state index in [4.69, 9.17) is 9.84 Å². The number of carbonyl (C=O) groups is 1. The van der Waals surface area contributed by atoms with Crippen LogP contribution in [-0.2, 0) is 16.1 Å². The second-order valence-corrected chi connectivity index (χ2v) is 4.46. The number of carboxylic acid groups (broad SMARTS) is 1. The number of aromatic nitrogens is 1. The van der Waals surface area contributed by atoms with E-state index in [0.717, 1.165) is 16.5 Å². The van der Waals surface area contributed by atoms with Gasteiger partial charge < -0.3 is 14.8 Å². The average Bonchev–Trinajstić information content (AvgIpc) is 2.79. The summed E-state index contributed by atoms with van der Waals surface area (Å²) in [5.41, 5.74) is 2.17. The monoisotopic (exact) mass is 262 g/mol. The molecule has 5 heteroatoms. The zero-order valence-electron chi connectivity index (χ0n) is 10.9. The van der Waals surface area contributed by atoms with Crippen molar-refractivity contribution >= 4 is 16.9 Å². The van der Waals surface area contributed by atoms with Gasteiger partial charge in [0, 0.05) is 37.3 Å². The number of hydrogen-bond donors (Lipinski definition) is 2. The van der Waals surface area contributed by atoms with Gasteiger partial charge in [-0.25, -0.2) is 0 Å². The Kier molecular flexibility index (Phi) is 4.54. The van der Waals surface area contributed by atoms with Crippen LogP contribution < -0.4 is 0 Å². The number of aromatic amines is 1. The minimum Gasteiger partial charge on any atom is -0.480 e. The number of methoxy groups -OCH3 is 1. The second kappa shape index (κ2) is 6.36. The quantitative estimate of drug-likeness (QED) is 0.797. The molecule has 0 fully saturated rings. The highest BCUT2D eigenvalue weighted by Gasteiger charge is 2.12. The third-order valence-electron chi connectivity index (χ3n) is 3.04. The number of benzene rings is 1. The standard InChI is InChI=1S/C14H18N2O3/c1-19-7-6-16(10-14(17)18)9-11-8-15-13-5-3-2-4-12(11)13/h2-5,8,15H,6-7,9-10H2,1H3,(H,17,18). The third-order valence-corrected chi connectivity index (χ3v) is 3.04. The van der Waals surface area contributed by atoms with E-state index in [2.05, 4.69) is 4.98 Å². The molecule has 102 valence electrons. The Morgan fingerprint density at radius 2 is 2.21 bits per heavy atom. The van der Waals surface area contributed by atoms with Gasteiger partial charge in [-0.05, 0) is 11.6 Å². The summed E-state index contributed by atoms with van der Waals surface area (Å²) in [5, 5.41) is 10.1. The minimum atomic E-state index is -0.823. The molecule has 0 aliphatic rings. The Morgan fingerprint density at radius 3 is 2.95 bits per heavy atom. The summed E-state index contributed by atoms with van der Waals surface area (Å²) in [6.07, 6.45) is 1.94.